The summed E-state index contributed by atoms with van der Waals surface area (Å²) in [7, 11) is 0. The molecule has 1 aromatic rings. The molecular formula is C11H21N5O. The van der Waals surface area contributed by atoms with Gasteiger partial charge in [-0.25, -0.2) is 0 Å². The molecule has 0 saturated carbocycles. The lowest BCUT2D eigenvalue weighted by Gasteiger charge is -2.17. The number of amides is 1. The van der Waals surface area contributed by atoms with Crippen LogP contribution < -0.4 is 11.1 Å². The minimum atomic E-state index is -0.460. The lowest BCUT2D eigenvalue weighted by atomic mass is 9.99. The summed E-state index contributed by atoms with van der Waals surface area (Å²) < 4.78 is 1.88. The van der Waals surface area contributed by atoms with Crippen LogP contribution in [-0.4, -0.2) is 26.7 Å². The Kier molecular flexibility index (Phi) is 5.09. The van der Waals surface area contributed by atoms with Crippen LogP contribution in [-0.2, 0) is 17.9 Å². The van der Waals surface area contributed by atoms with Crippen molar-refractivity contribution in [2.75, 3.05) is 0 Å². The van der Waals surface area contributed by atoms with Gasteiger partial charge < -0.3 is 15.6 Å². The Bertz CT molecular complexity index is 362. The fourth-order valence-corrected chi connectivity index (χ4v) is 1.48. The van der Waals surface area contributed by atoms with Gasteiger partial charge in [0.1, 0.15) is 6.33 Å². The summed E-state index contributed by atoms with van der Waals surface area (Å²) in [5, 5.41) is 10.5. The third-order valence-corrected chi connectivity index (χ3v) is 3.02. The molecule has 2 atom stereocenters. The molecule has 96 valence electrons. The first kappa shape index (κ1) is 13.6. The van der Waals surface area contributed by atoms with Gasteiger partial charge in [-0.3, -0.25) is 4.79 Å². The van der Waals surface area contributed by atoms with Crippen molar-refractivity contribution in [3.63, 3.8) is 0 Å². The Morgan fingerprint density at radius 1 is 1.59 bits per heavy atom. The number of hydrogen-bond donors (Lipinski definition) is 2. The first-order valence-electron chi connectivity index (χ1n) is 6.00. The van der Waals surface area contributed by atoms with Crippen LogP contribution in [0.2, 0.25) is 0 Å². The van der Waals surface area contributed by atoms with E-state index in [9.17, 15) is 4.79 Å². The van der Waals surface area contributed by atoms with Crippen molar-refractivity contribution in [3.05, 3.63) is 12.2 Å². The minimum Gasteiger partial charge on any atom is -0.347 e. The molecule has 0 radical (unpaired) electrons. The third kappa shape index (κ3) is 3.52. The smallest absolute Gasteiger partial charge is 0.237 e. The summed E-state index contributed by atoms with van der Waals surface area (Å²) in [5.74, 6) is 0.793. The number of aryl methyl sites for hydroxylation is 1. The van der Waals surface area contributed by atoms with Gasteiger partial charge in [-0.2, -0.15) is 0 Å². The molecule has 3 N–H and O–H groups in total. The molecule has 0 spiro atoms. The van der Waals surface area contributed by atoms with Crippen molar-refractivity contribution in [1.29, 1.82) is 0 Å². The molecule has 0 aliphatic rings. The van der Waals surface area contributed by atoms with Gasteiger partial charge in [0.05, 0.1) is 12.6 Å². The van der Waals surface area contributed by atoms with Crippen molar-refractivity contribution < 1.29 is 4.79 Å². The van der Waals surface area contributed by atoms with Crippen LogP contribution in [0.5, 0.6) is 0 Å². The molecular weight excluding hydrogens is 218 g/mol. The molecule has 1 aromatic heterocycles. The zero-order valence-corrected chi connectivity index (χ0v) is 10.7. The van der Waals surface area contributed by atoms with Gasteiger partial charge in [0.2, 0.25) is 5.91 Å². The zero-order valence-electron chi connectivity index (χ0n) is 10.7. The van der Waals surface area contributed by atoms with E-state index in [2.05, 4.69) is 15.5 Å². The lowest BCUT2D eigenvalue weighted by molar-refractivity contribution is -0.123. The Morgan fingerprint density at radius 2 is 2.29 bits per heavy atom. The standard InChI is InChI=1S/C11H21N5O/c1-4-8(3)10(12)11(17)13-6-9-15-14-7-16(9)5-2/h7-8,10H,4-6,12H2,1-3H3,(H,13,17). The van der Waals surface area contributed by atoms with Gasteiger partial charge >= 0.3 is 0 Å². The van der Waals surface area contributed by atoms with Crippen LogP contribution in [0, 0.1) is 5.92 Å². The van der Waals surface area contributed by atoms with E-state index in [0.29, 0.717) is 6.54 Å². The summed E-state index contributed by atoms with van der Waals surface area (Å²) >= 11 is 0. The molecule has 6 heteroatoms. The largest absolute Gasteiger partial charge is 0.347 e. The fraction of sp³-hybridized carbons (Fsp3) is 0.727. The van der Waals surface area contributed by atoms with Crippen LogP contribution in [0.1, 0.15) is 33.0 Å². The van der Waals surface area contributed by atoms with Crippen LogP contribution >= 0.6 is 0 Å². The average Bonchev–Trinajstić information content (AvgIpc) is 2.81. The van der Waals surface area contributed by atoms with E-state index in [1.165, 1.54) is 0 Å². The highest BCUT2D eigenvalue weighted by atomic mass is 16.2. The predicted molar refractivity (Wildman–Crippen MR) is 65.0 cm³/mol. The summed E-state index contributed by atoms with van der Waals surface area (Å²) in [6.07, 6.45) is 2.54. The lowest BCUT2D eigenvalue weighted by Crippen LogP contribution is -2.44. The summed E-state index contributed by atoms with van der Waals surface area (Å²) in [5.41, 5.74) is 5.83. The molecule has 17 heavy (non-hydrogen) atoms. The van der Waals surface area contributed by atoms with E-state index < -0.39 is 6.04 Å². The molecule has 1 amide bonds. The maximum atomic E-state index is 11.7. The van der Waals surface area contributed by atoms with Crippen LogP contribution in [0.3, 0.4) is 0 Å². The van der Waals surface area contributed by atoms with Gasteiger partial charge in [0, 0.05) is 6.54 Å². The number of nitrogens with one attached hydrogen (secondary N) is 1. The highest BCUT2D eigenvalue weighted by Crippen LogP contribution is 2.05. The molecule has 0 aliphatic heterocycles. The summed E-state index contributed by atoms with van der Waals surface area (Å²) in [6.45, 7) is 7.15. The first-order chi connectivity index (χ1) is 8.10. The van der Waals surface area contributed by atoms with E-state index in [0.717, 1.165) is 18.8 Å². The van der Waals surface area contributed by atoms with E-state index >= 15 is 0 Å². The van der Waals surface area contributed by atoms with Crippen LogP contribution in [0.4, 0.5) is 0 Å². The fourth-order valence-electron chi connectivity index (χ4n) is 1.48. The molecule has 1 rings (SSSR count). The van der Waals surface area contributed by atoms with Crippen molar-refractivity contribution in [1.82, 2.24) is 20.1 Å². The quantitative estimate of drug-likeness (QED) is 0.747. The van der Waals surface area contributed by atoms with E-state index in [-0.39, 0.29) is 11.8 Å². The number of carbonyl (C=O) groups excluding carboxylic acids is 1. The van der Waals surface area contributed by atoms with Gasteiger partial charge in [-0.1, -0.05) is 20.3 Å². The number of aromatic nitrogens is 3. The topological polar surface area (TPSA) is 85.8 Å². The maximum absolute atomic E-state index is 11.7. The van der Waals surface area contributed by atoms with Crippen molar-refractivity contribution >= 4 is 5.91 Å². The van der Waals surface area contributed by atoms with Crippen LogP contribution in [0.25, 0.3) is 0 Å². The number of carbonyl (C=O) groups is 1. The van der Waals surface area contributed by atoms with Crippen LogP contribution in [0.15, 0.2) is 6.33 Å². The molecule has 0 fully saturated rings. The van der Waals surface area contributed by atoms with Gasteiger partial charge in [-0.15, -0.1) is 10.2 Å². The highest BCUT2D eigenvalue weighted by Gasteiger charge is 2.19. The van der Waals surface area contributed by atoms with Gasteiger partial charge in [0.15, 0.2) is 5.82 Å². The Balaban J connectivity index is 2.48. The molecule has 6 nitrogen and oxygen atoms in total. The second-order valence-corrected chi connectivity index (χ2v) is 4.16. The number of rotatable bonds is 6. The van der Waals surface area contributed by atoms with Crippen molar-refractivity contribution in [3.8, 4) is 0 Å². The molecule has 0 saturated heterocycles. The molecule has 0 aliphatic carbocycles. The van der Waals surface area contributed by atoms with Gasteiger partial charge in [0.25, 0.3) is 0 Å². The van der Waals surface area contributed by atoms with Crippen molar-refractivity contribution in [2.45, 2.75) is 46.3 Å². The first-order valence-corrected chi connectivity index (χ1v) is 6.00. The normalized spacial score (nSPS) is 14.4. The average molecular weight is 239 g/mol. The van der Waals surface area contributed by atoms with Gasteiger partial charge in [-0.05, 0) is 12.8 Å². The molecule has 2 unspecified atom stereocenters. The number of nitrogens with two attached hydrogens (primary N) is 1. The molecule has 0 aromatic carbocycles. The Hall–Kier alpha value is -1.43. The second-order valence-electron chi connectivity index (χ2n) is 4.16. The third-order valence-electron chi connectivity index (χ3n) is 3.02. The predicted octanol–water partition coefficient (Wildman–Crippen LogP) is 0.288. The monoisotopic (exact) mass is 239 g/mol. The van der Waals surface area contributed by atoms with E-state index in [1.54, 1.807) is 6.33 Å². The Labute approximate surface area is 102 Å². The SMILES string of the molecule is CCC(C)C(N)C(=O)NCc1nncn1CC. The number of hydrogen-bond acceptors (Lipinski definition) is 4. The summed E-state index contributed by atoms with van der Waals surface area (Å²) in [6, 6.07) is -0.460. The maximum Gasteiger partial charge on any atom is 0.237 e. The van der Waals surface area contributed by atoms with E-state index in [1.807, 2.05) is 25.3 Å². The van der Waals surface area contributed by atoms with E-state index in [4.69, 9.17) is 5.73 Å². The Morgan fingerprint density at radius 3 is 2.88 bits per heavy atom. The summed E-state index contributed by atoms with van der Waals surface area (Å²) in [4.78, 5) is 11.7. The molecule has 0 bridgehead atoms. The minimum absolute atomic E-state index is 0.134. The highest BCUT2D eigenvalue weighted by molar-refractivity contribution is 5.81. The number of nitrogens with zero attached hydrogens (tertiary/aromatic N) is 3. The van der Waals surface area contributed by atoms with Crippen molar-refractivity contribution in [2.24, 2.45) is 11.7 Å². The second kappa shape index (κ2) is 6.34. The molecule has 1 heterocycles. The zero-order chi connectivity index (χ0) is 12.8.